The topological polar surface area (TPSA) is 131 Å². The average molecular weight is 433 g/mol. The second kappa shape index (κ2) is 9.03. The second-order valence-corrected chi connectivity index (χ2v) is 7.45. The highest BCUT2D eigenvalue weighted by molar-refractivity contribution is 6.06. The highest BCUT2D eigenvalue weighted by Gasteiger charge is 2.19. The van der Waals surface area contributed by atoms with Gasteiger partial charge < -0.3 is 25.8 Å². The molecule has 1 aliphatic rings. The maximum absolute atomic E-state index is 12.7. The fraction of sp³-hybridized carbons (Fsp3) is 0.217. The number of nitrogens with two attached hydrogens (primary N) is 1. The van der Waals surface area contributed by atoms with Crippen molar-refractivity contribution in [2.24, 2.45) is 0 Å². The second-order valence-electron chi connectivity index (χ2n) is 7.45. The number of nitrogens with zero attached hydrogens (tertiary/aromatic N) is 3. The van der Waals surface area contributed by atoms with E-state index in [4.69, 9.17) is 10.5 Å². The van der Waals surface area contributed by atoms with Gasteiger partial charge in [-0.2, -0.15) is 0 Å². The number of aromatic hydroxyl groups is 1. The molecule has 32 heavy (non-hydrogen) atoms. The summed E-state index contributed by atoms with van der Waals surface area (Å²) in [5, 5.41) is 12.6. The number of aryl methyl sites for hydroxylation is 1. The summed E-state index contributed by atoms with van der Waals surface area (Å²) >= 11 is 0. The Hall–Kier alpha value is -3.98. The van der Waals surface area contributed by atoms with Crippen LogP contribution in [0.3, 0.4) is 0 Å². The lowest BCUT2D eigenvalue weighted by atomic mass is 10.1. The number of benzene rings is 2. The standard InChI is InChI=1S/C23H23N5O4/c1-14-2-7-17(19(29)12-14)27-22(30)20-21(24)25-13-18(26-20)15-3-5-16(6-4-15)23(31)28-8-10-32-11-9-28/h2-7,12-13,29H,8-11H2,1H3,(H2,24,25)(H,27,30). The van der Waals surface area contributed by atoms with Gasteiger partial charge in [-0.3, -0.25) is 9.59 Å². The van der Waals surface area contributed by atoms with Crippen molar-refractivity contribution in [3.05, 3.63) is 65.5 Å². The third-order valence-corrected chi connectivity index (χ3v) is 5.14. The third-order valence-electron chi connectivity index (χ3n) is 5.14. The van der Waals surface area contributed by atoms with Crippen molar-refractivity contribution in [3.63, 3.8) is 0 Å². The van der Waals surface area contributed by atoms with Crippen LogP contribution < -0.4 is 11.1 Å². The van der Waals surface area contributed by atoms with Gasteiger partial charge in [0, 0.05) is 24.2 Å². The number of phenols is 1. The Morgan fingerprint density at radius 1 is 1.12 bits per heavy atom. The molecule has 9 nitrogen and oxygen atoms in total. The van der Waals surface area contributed by atoms with Gasteiger partial charge in [0.15, 0.2) is 11.5 Å². The van der Waals surface area contributed by atoms with Crippen LogP contribution in [0.4, 0.5) is 11.5 Å². The molecule has 4 rings (SSSR count). The Morgan fingerprint density at radius 3 is 2.53 bits per heavy atom. The molecule has 9 heteroatoms. The number of hydrogen-bond acceptors (Lipinski definition) is 7. The van der Waals surface area contributed by atoms with Crippen molar-refractivity contribution in [2.75, 3.05) is 37.4 Å². The molecule has 1 aliphatic heterocycles. The van der Waals surface area contributed by atoms with E-state index in [9.17, 15) is 14.7 Å². The molecule has 1 fully saturated rings. The average Bonchev–Trinajstić information content (AvgIpc) is 2.81. The van der Waals surface area contributed by atoms with Crippen LogP contribution in [-0.2, 0) is 4.74 Å². The minimum atomic E-state index is -0.588. The van der Waals surface area contributed by atoms with Crippen molar-refractivity contribution in [3.8, 4) is 17.0 Å². The van der Waals surface area contributed by atoms with E-state index in [0.29, 0.717) is 43.1 Å². The molecule has 1 saturated heterocycles. The lowest BCUT2D eigenvalue weighted by molar-refractivity contribution is 0.0303. The summed E-state index contributed by atoms with van der Waals surface area (Å²) in [6.07, 6.45) is 1.47. The molecule has 3 aromatic rings. The lowest BCUT2D eigenvalue weighted by Crippen LogP contribution is -2.40. The molecule has 2 aromatic carbocycles. The fourth-order valence-corrected chi connectivity index (χ4v) is 3.37. The zero-order valence-corrected chi connectivity index (χ0v) is 17.5. The first-order valence-corrected chi connectivity index (χ1v) is 10.1. The van der Waals surface area contributed by atoms with Crippen LogP contribution in [0.25, 0.3) is 11.3 Å². The minimum absolute atomic E-state index is 0.0306. The first-order chi connectivity index (χ1) is 15.4. The van der Waals surface area contributed by atoms with Crippen molar-refractivity contribution in [1.82, 2.24) is 14.9 Å². The molecule has 4 N–H and O–H groups in total. The number of aromatic nitrogens is 2. The number of amides is 2. The molecule has 2 amide bonds. The number of carbonyl (C=O) groups is 2. The van der Waals surface area contributed by atoms with E-state index in [-0.39, 0.29) is 28.9 Å². The predicted octanol–water partition coefficient (Wildman–Crippen LogP) is 2.46. The number of nitrogen functional groups attached to an aromatic ring is 1. The van der Waals surface area contributed by atoms with Crippen LogP contribution in [0.2, 0.25) is 0 Å². The number of morpholine rings is 1. The van der Waals surface area contributed by atoms with Gasteiger partial charge >= 0.3 is 0 Å². The third kappa shape index (κ3) is 4.52. The van der Waals surface area contributed by atoms with E-state index < -0.39 is 5.91 Å². The minimum Gasteiger partial charge on any atom is -0.506 e. The first-order valence-electron chi connectivity index (χ1n) is 10.1. The van der Waals surface area contributed by atoms with Crippen LogP contribution in [-0.4, -0.2) is 58.1 Å². The van der Waals surface area contributed by atoms with Crippen LogP contribution in [0.5, 0.6) is 5.75 Å². The maximum Gasteiger partial charge on any atom is 0.278 e. The number of carbonyl (C=O) groups excluding carboxylic acids is 2. The van der Waals surface area contributed by atoms with Gasteiger partial charge in [0.25, 0.3) is 11.8 Å². The molecule has 0 bridgehead atoms. The number of hydrogen-bond donors (Lipinski definition) is 3. The number of ether oxygens (including phenoxy) is 1. The Balaban J connectivity index is 1.54. The summed E-state index contributed by atoms with van der Waals surface area (Å²) in [4.78, 5) is 35.5. The van der Waals surface area contributed by atoms with Crippen molar-refractivity contribution < 1.29 is 19.4 Å². The molecule has 0 atom stereocenters. The number of anilines is 2. The smallest absolute Gasteiger partial charge is 0.278 e. The fourth-order valence-electron chi connectivity index (χ4n) is 3.37. The molecule has 164 valence electrons. The Labute approximate surface area is 184 Å². The normalized spacial score (nSPS) is 13.6. The van der Waals surface area contributed by atoms with E-state index in [2.05, 4.69) is 15.3 Å². The SMILES string of the molecule is Cc1ccc(NC(=O)c2nc(-c3ccc(C(=O)N4CCOCC4)cc3)cnc2N)c(O)c1. The maximum atomic E-state index is 12.7. The summed E-state index contributed by atoms with van der Waals surface area (Å²) < 4.78 is 5.29. The molecule has 0 radical (unpaired) electrons. The number of rotatable bonds is 4. The number of phenolic OH excluding ortho intramolecular Hbond substituents is 1. The molecule has 0 unspecified atom stereocenters. The van der Waals surface area contributed by atoms with Crippen LogP contribution in [0.1, 0.15) is 26.4 Å². The Morgan fingerprint density at radius 2 is 1.84 bits per heavy atom. The van der Waals surface area contributed by atoms with Gasteiger partial charge in [-0.05, 0) is 36.8 Å². The zero-order chi connectivity index (χ0) is 22.7. The monoisotopic (exact) mass is 433 g/mol. The van der Waals surface area contributed by atoms with Crippen molar-refractivity contribution in [2.45, 2.75) is 6.92 Å². The summed E-state index contributed by atoms with van der Waals surface area (Å²) in [6.45, 7) is 4.04. The molecule has 0 spiro atoms. The molecule has 2 heterocycles. The summed E-state index contributed by atoms with van der Waals surface area (Å²) in [7, 11) is 0. The Kier molecular flexibility index (Phi) is 6.00. The van der Waals surface area contributed by atoms with Crippen molar-refractivity contribution >= 4 is 23.3 Å². The molecule has 0 saturated carbocycles. The largest absolute Gasteiger partial charge is 0.506 e. The summed E-state index contributed by atoms with van der Waals surface area (Å²) in [5.41, 5.74) is 8.60. The lowest BCUT2D eigenvalue weighted by Gasteiger charge is -2.26. The molecular formula is C23H23N5O4. The Bertz CT molecular complexity index is 1160. The highest BCUT2D eigenvalue weighted by atomic mass is 16.5. The van der Waals surface area contributed by atoms with Gasteiger partial charge in [-0.15, -0.1) is 0 Å². The van der Waals surface area contributed by atoms with E-state index in [1.807, 2.05) is 6.92 Å². The van der Waals surface area contributed by atoms with E-state index in [1.54, 1.807) is 47.4 Å². The predicted molar refractivity (Wildman–Crippen MR) is 119 cm³/mol. The van der Waals surface area contributed by atoms with Crippen LogP contribution in [0, 0.1) is 6.92 Å². The van der Waals surface area contributed by atoms with Crippen molar-refractivity contribution in [1.29, 1.82) is 0 Å². The van der Waals surface area contributed by atoms with E-state index in [1.165, 1.54) is 6.20 Å². The van der Waals surface area contributed by atoms with Crippen LogP contribution in [0.15, 0.2) is 48.7 Å². The van der Waals surface area contributed by atoms with Gasteiger partial charge in [0.2, 0.25) is 0 Å². The van der Waals surface area contributed by atoms with Gasteiger partial charge in [0.05, 0.1) is 30.8 Å². The first kappa shape index (κ1) is 21.3. The summed E-state index contributed by atoms with van der Waals surface area (Å²) in [6, 6.07) is 11.8. The van der Waals surface area contributed by atoms with Gasteiger partial charge in [-0.25, -0.2) is 9.97 Å². The van der Waals surface area contributed by atoms with Gasteiger partial charge in [0.1, 0.15) is 5.75 Å². The highest BCUT2D eigenvalue weighted by Crippen LogP contribution is 2.25. The molecule has 1 aromatic heterocycles. The van der Waals surface area contributed by atoms with Gasteiger partial charge in [-0.1, -0.05) is 18.2 Å². The summed E-state index contributed by atoms with van der Waals surface area (Å²) in [5.74, 6) is -0.727. The van der Waals surface area contributed by atoms with E-state index in [0.717, 1.165) is 5.56 Å². The number of nitrogens with one attached hydrogen (secondary N) is 1. The van der Waals surface area contributed by atoms with E-state index >= 15 is 0 Å². The quantitative estimate of drug-likeness (QED) is 0.539. The zero-order valence-electron chi connectivity index (χ0n) is 17.5. The molecule has 0 aliphatic carbocycles. The molecular weight excluding hydrogens is 410 g/mol. The van der Waals surface area contributed by atoms with Crippen LogP contribution >= 0.6 is 0 Å².